The van der Waals surface area contributed by atoms with Crippen molar-refractivity contribution in [3.05, 3.63) is 29.0 Å². The third-order valence-electron chi connectivity index (χ3n) is 2.08. The molecular formula is C11H14Cl2N2O. The van der Waals surface area contributed by atoms with E-state index >= 15 is 0 Å². The van der Waals surface area contributed by atoms with Crippen molar-refractivity contribution in [2.75, 3.05) is 6.54 Å². The van der Waals surface area contributed by atoms with Gasteiger partial charge in [0, 0.05) is 24.3 Å². The highest BCUT2D eigenvalue weighted by Gasteiger charge is 2.08. The highest BCUT2D eigenvalue weighted by atomic mass is 35.5. The number of hydrogen-bond acceptors (Lipinski definition) is 2. The number of hydrogen-bond donors (Lipinski definition) is 1. The van der Waals surface area contributed by atoms with Gasteiger partial charge in [-0.05, 0) is 25.8 Å². The molecular weight excluding hydrogens is 247 g/mol. The first-order chi connectivity index (χ1) is 7.61. The summed E-state index contributed by atoms with van der Waals surface area (Å²) >= 11 is 11.6. The van der Waals surface area contributed by atoms with Crippen LogP contribution < -0.4 is 5.32 Å². The average molecular weight is 261 g/mol. The van der Waals surface area contributed by atoms with Crippen molar-refractivity contribution in [1.82, 2.24) is 10.3 Å². The number of rotatable bonds is 5. The van der Waals surface area contributed by atoms with Gasteiger partial charge in [-0.15, -0.1) is 11.6 Å². The van der Waals surface area contributed by atoms with Crippen LogP contribution in [0.15, 0.2) is 18.5 Å². The van der Waals surface area contributed by atoms with Gasteiger partial charge < -0.3 is 5.32 Å². The van der Waals surface area contributed by atoms with E-state index < -0.39 is 0 Å². The third-order valence-corrected chi connectivity index (χ3v) is 2.60. The second kappa shape index (κ2) is 6.71. The molecule has 0 aliphatic rings. The Balaban J connectivity index is 2.39. The zero-order valence-corrected chi connectivity index (χ0v) is 10.6. The Hall–Kier alpha value is -0.800. The number of pyridine rings is 1. The molecule has 1 heterocycles. The van der Waals surface area contributed by atoms with E-state index in [4.69, 9.17) is 23.2 Å². The summed E-state index contributed by atoms with van der Waals surface area (Å²) in [5.41, 5.74) is 0.454. The second-order valence-corrected chi connectivity index (χ2v) is 4.69. The first-order valence-corrected chi connectivity index (χ1v) is 5.94. The third kappa shape index (κ3) is 4.37. The second-order valence-electron chi connectivity index (χ2n) is 3.53. The molecule has 0 saturated carbocycles. The molecule has 0 saturated heterocycles. The van der Waals surface area contributed by atoms with E-state index in [1.165, 1.54) is 6.20 Å². The number of carbonyl (C=O) groups is 1. The highest BCUT2D eigenvalue weighted by molar-refractivity contribution is 6.33. The van der Waals surface area contributed by atoms with Crippen LogP contribution in [-0.2, 0) is 0 Å². The predicted molar refractivity (Wildman–Crippen MR) is 66.1 cm³/mol. The summed E-state index contributed by atoms with van der Waals surface area (Å²) in [7, 11) is 0. The van der Waals surface area contributed by atoms with Crippen LogP contribution in [-0.4, -0.2) is 22.8 Å². The minimum Gasteiger partial charge on any atom is -0.352 e. The number of amides is 1. The molecule has 1 aromatic rings. The SMILES string of the molecule is CC(Cl)CCCNC(=O)c1ccncc1Cl. The van der Waals surface area contributed by atoms with Crippen molar-refractivity contribution >= 4 is 29.1 Å². The molecule has 1 unspecified atom stereocenters. The van der Waals surface area contributed by atoms with Crippen LogP contribution in [0, 0.1) is 0 Å². The Kier molecular flexibility index (Phi) is 5.56. The van der Waals surface area contributed by atoms with Crippen molar-refractivity contribution in [2.24, 2.45) is 0 Å². The summed E-state index contributed by atoms with van der Waals surface area (Å²) in [6.07, 6.45) is 4.74. The maximum atomic E-state index is 11.7. The number of alkyl halides is 1. The largest absolute Gasteiger partial charge is 0.352 e. The van der Waals surface area contributed by atoms with E-state index in [1.807, 2.05) is 6.92 Å². The van der Waals surface area contributed by atoms with Gasteiger partial charge in [0.2, 0.25) is 0 Å². The molecule has 0 spiro atoms. The molecule has 3 nitrogen and oxygen atoms in total. The van der Waals surface area contributed by atoms with Crippen molar-refractivity contribution in [3.8, 4) is 0 Å². The average Bonchev–Trinajstić information content (AvgIpc) is 2.24. The van der Waals surface area contributed by atoms with Crippen molar-refractivity contribution < 1.29 is 4.79 Å². The molecule has 16 heavy (non-hydrogen) atoms. The van der Waals surface area contributed by atoms with Gasteiger partial charge >= 0.3 is 0 Å². The molecule has 0 bridgehead atoms. The van der Waals surface area contributed by atoms with Crippen molar-refractivity contribution in [1.29, 1.82) is 0 Å². The van der Waals surface area contributed by atoms with E-state index in [2.05, 4.69) is 10.3 Å². The molecule has 1 N–H and O–H groups in total. The van der Waals surface area contributed by atoms with E-state index in [9.17, 15) is 4.79 Å². The zero-order valence-electron chi connectivity index (χ0n) is 9.04. The minimum atomic E-state index is -0.172. The van der Waals surface area contributed by atoms with Gasteiger partial charge in [-0.3, -0.25) is 9.78 Å². The van der Waals surface area contributed by atoms with Crippen LogP contribution in [0.5, 0.6) is 0 Å². The van der Waals surface area contributed by atoms with Crippen LogP contribution in [0.2, 0.25) is 5.02 Å². The highest BCUT2D eigenvalue weighted by Crippen LogP contribution is 2.12. The van der Waals surface area contributed by atoms with Crippen LogP contribution in [0.1, 0.15) is 30.1 Å². The fourth-order valence-electron chi connectivity index (χ4n) is 1.24. The molecule has 88 valence electrons. The summed E-state index contributed by atoms with van der Waals surface area (Å²) in [6.45, 7) is 2.54. The van der Waals surface area contributed by atoms with Gasteiger partial charge in [-0.2, -0.15) is 0 Å². The van der Waals surface area contributed by atoms with Crippen LogP contribution in [0.3, 0.4) is 0 Å². The normalized spacial score (nSPS) is 12.2. The molecule has 1 aromatic heterocycles. The lowest BCUT2D eigenvalue weighted by Gasteiger charge is -2.06. The molecule has 1 amide bonds. The number of nitrogens with one attached hydrogen (secondary N) is 1. The molecule has 0 aliphatic heterocycles. The minimum absolute atomic E-state index is 0.140. The van der Waals surface area contributed by atoms with Crippen LogP contribution in [0.25, 0.3) is 0 Å². The quantitative estimate of drug-likeness (QED) is 0.654. The lowest BCUT2D eigenvalue weighted by atomic mass is 10.2. The van der Waals surface area contributed by atoms with Crippen molar-refractivity contribution in [3.63, 3.8) is 0 Å². The fraction of sp³-hybridized carbons (Fsp3) is 0.455. The van der Waals surface area contributed by atoms with Gasteiger partial charge in [0.25, 0.3) is 5.91 Å². The first-order valence-electron chi connectivity index (χ1n) is 5.13. The Labute approximate surface area is 105 Å². The molecule has 5 heteroatoms. The number of nitrogens with zero attached hydrogens (tertiary/aromatic N) is 1. The lowest BCUT2D eigenvalue weighted by Crippen LogP contribution is -2.25. The smallest absolute Gasteiger partial charge is 0.252 e. The van der Waals surface area contributed by atoms with E-state index in [1.54, 1.807) is 12.3 Å². The van der Waals surface area contributed by atoms with E-state index in [0.717, 1.165) is 12.8 Å². The predicted octanol–water partition coefficient (Wildman–Crippen LogP) is 2.87. The molecule has 0 aromatic carbocycles. The lowest BCUT2D eigenvalue weighted by molar-refractivity contribution is 0.0953. The maximum absolute atomic E-state index is 11.7. The van der Waals surface area contributed by atoms with Gasteiger partial charge in [0.15, 0.2) is 0 Å². The van der Waals surface area contributed by atoms with E-state index in [0.29, 0.717) is 17.1 Å². The summed E-state index contributed by atoms with van der Waals surface area (Å²) in [5, 5.41) is 3.29. The van der Waals surface area contributed by atoms with Gasteiger partial charge in [0.05, 0.1) is 10.6 Å². The number of carbonyl (C=O) groups excluding carboxylic acids is 1. The van der Waals surface area contributed by atoms with Gasteiger partial charge in [0.1, 0.15) is 0 Å². The number of halogens is 2. The number of aromatic nitrogens is 1. The molecule has 0 radical (unpaired) electrons. The summed E-state index contributed by atoms with van der Waals surface area (Å²) in [5.74, 6) is -0.172. The Morgan fingerprint density at radius 3 is 3.00 bits per heavy atom. The Morgan fingerprint density at radius 2 is 2.38 bits per heavy atom. The van der Waals surface area contributed by atoms with Crippen LogP contribution in [0.4, 0.5) is 0 Å². The molecule has 1 rings (SSSR count). The van der Waals surface area contributed by atoms with E-state index in [-0.39, 0.29) is 11.3 Å². The van der Waals surface area contributed by atoms with Crippen LogP contribution >= 0.6 is 23.2 Å². The maximum Gasteiger partial charge on any atom is 0.252 e. The summed E-state index contributed by atoms with van der Waals surface area (Å²) < 4.78 is 0. The fourth-order valence-corrected chi connectivity index (χ4v) is 1.60. The molecule has 1 atom stereocenters. The molecule has 0 fully saturated rings. The topological polar surface area (TPSA) is 42.0 Å². The Morgan fingerprint density at radius 1 is 1.62 bits per heavy atom. The zero-order chi connectivity index (χ0) is 12.0. The van der Waals surface area contributed by atoms with Gasteiger partial charge in [-0.25, -0.2) is 0 Å². The summed E-state index contributed by atoms with van der Waals surface area (Å²) in [4.78, 5) is 15.5. The monoisotopic (exact) mass is 260 g/mol. The molecule has 0 aliphatic carbocycles. The summed E-state index contributed by atoms with van der Waals surface area (Å²) in [6, 6.07) is 1.60. The standard InChI is InChI=1S/C11H14Cl2N2O/c1-8(12)3-2-5-15-11(16)9-4-6-14-7-10(9)13/h4,6-8H,2-3,5H2,1H3,(H,15,16). The first kappa shape index (κ1) is 13.3. The van der Waals surface area contributed by atoms with Gasteiger partial charge in [-0.1, -0.05) is 11.6 Å². The Bertz CT molecular complexity index is 356. The van der Waals surface area contributed by atoms with Crippen molar-refractivity contribution in [2.45, 2.75) is 25.1 Å².